The van der Waals surface area contributed by atoms with Crippen LogP contribution in [0.3, 0.4) is 0 Å². The first-order valence-electron chi connectivity index (χ1n) is 13.1. The van der Waals surface area contributed by atoms with Gasteiger partial charge in [-0.25, -0.2) is 0 Å². The number of rotatable bonds is 10. The van der Waals surface area contributed by atoms with E-state index in [1.807, 2.05) is 0 Å². The predicted molar refractivity (Wildman–Crippen MR) is 135 cm³/mol. The Kier molecular flexibility index (Phi) is 9.17. The SMILES string of the molecule is CCCCc1nnc(OC[C@H]2CN(C)CC[C@@H]2OC)cc1-c1ccc(OC2CCCCC2)cc1. The molecule has 1 saturated carbocycles. The summed E-state index contributed by atoms with van der Waals surface area (Å²) in [7, 11) is 3.95. The summed E-state index contributed by atoms with van der Waals surface area (Å²) < 4.78 is 18.1. The van der Waals surface area contributed by atoms with Crippen molar-refractivity contribution in [1.82, 2.24) is 15.1 Å². The van der Waals surface area contributed by atoms with Gasteiger partial charge in [-0.3, -0.25) is 0 Å². The average Bonchev–Trinajstić information content (AvgIpc) is 2.87. The molecule has 1 aliphatic carbocycles. The standard InChI is InChI=1S/C28H41N3O3/c1-4-5-11-26-25(21-12-14-24(15-13-21)34-23-9-7-6-8-10-23)18-28(30-29-26)33-20-22-19-31(2)17-16-27(22)32-3/h12-15,18,22-23,27H,4-11,16-17,19-20H2,1-3H3/t22-,27+/m1/s1. The molecule has 0 spiro atoms. The summed E-state index contributed by atoms with van der Waals surface area (Å²) in [5, 5.41) is 8.99. The number of likely N-dealkylation sites (tertiary alicyclic amines) is 1. The topological polar surface area (TPSA) is 56.7 Å². The lowest BCUT2D eigenvalue weighted by atomic mass is 9.96. The molecule has 0 amide bonds. The molecule has 2 fully saturated rings. The number of aryl methyl sites for hydroxylation is 1. The number of piperidine rings is 1. The first kappa shape index (κ1) is 24.9. The Morgan fingerprint density at radius 3 is 2.56 bits per heavy atom. The lowest BCUT2D eigenvalue weighted by Crippen LogP contribution is -2.44. The molecule has 2 heterocycles. The zero-order valence-corrected chi connectivity index (χ0v) is 21.2. The van der Waals surface area contributed by atoms with Crippen molar-refractivity contribution in [3.05, 3.63) is 36.0 Å². The third kappa shape index (κ3) is 6.70. The molecule has 1 aliphatic heterocycles. The number of methoxy groups -OCH3 is 1. The van der Waals surface area contributed by atoms with Gasteiger partial charge in [-0.2, -0.15) is 5.10 Å². The average molecular weight is 468 g/mol. The Morgan fingerprint density at radius 2 is 1.82 bits per heavy atom. The molecular formula is C28H41N3O3. The Bertz CT molecular complexity index is 883. The first-order chi connectivity index (χ1) is 16.7. The van der Waals surface area contributed by atoms with Crippen molar-refractivity contribution in [3.8, 4) is 22.8 Å². The fraction of sp³-hybridized carbons (Fsp3) is 0.643. The smallest absolute Gasteiger partial charge is 0.234 e. The second-order valence-electron chi connectivity index (χ2n) is 9.94. The van der Waals surface area contributed by atoms with Gasteiger partial charge in [-0.1, -0.05) is 31.9 Å². The van der Waals surface area contributed by atoms with Gasteiger partial charge in [-0.15, -0.1) is 5.10 Å². The lowest BCUT2D eigenvalue weighted by molar-refractivity contribution is -0.0173. The molecule has 186 valence electrons. The highest BCUT2D eigenvalue weighted by atomic mass is 16.5. The Labute approximate surface area is 205 Å². The maximum atomic E-state index is 6.23. The third-order valence-electron chi connectivity index (χ3n) is 7.25. The van der Waals surface area contributed by atoms with Gasteiger partial charge in [0.2, 0.25) is 5.88 Å². The summed E-state index contributed by atoms with van der Waals surface area (Å²) >= 11 is 0. The van der Waals surface area contributed by atoms with Gasteiger partial charge in [-0.05, 0) is 69.7 Å². The van der Waals surface area contributed by atoms with Crippen LogP contribution in [0.25, 0.3) is 11.1 Å². The minimum atomic E-state index is 0.226. The fourth-order valence-corrected chi connectivity index (χ4v) is 5.19. The number of benzene rings is 1. The number of nitrogens with zero attached hydrogens (tertiary/aromatic N) is 3. The van der Waals surface area contributed by atoms with Crippen molar-refractivity contribution in [2.75, 3.05) is 33.9 Å². The molecule has 0 bridgehead atoms. The number of ether oxygens (including phenoxy) is 3. The lowest BCUT2D eigenvalue weighted by Gasteiger charge is -2.35. The van der Waals surface area contributed by atoms with Crippen LogP contribution in [0.4, 0.5) is 0 Å². The van der Waals surface area contributed by atoms with Crippen molar-refractivity contribution in [3.63, 3.8) is 0 Å². The van der Waals surface area contributed by atoms with Crippen LogP contribution in [-0.4, -0.2) is 61.2 Å². The highest BCUT2D eigenvalue weighted by Crippen LogP contribution is 2.30. The van der Waals surface area contributed by atoms with Crippen molar-refractivity contribution < 1.29 is 14.2 Å². The molecule has 0 radical (unpaired) electrons. The predicted octanol–water partition coefficient (Wildman–Crippen LogP) is 5.54. The van der Waals surface area contributed by atoms with E-state index in [4.69, 9.17) is 14.2 Å². The number of unbranched alkanes of at least 4 members (excludes halogenated alkanes) is 1. The summed E-state index contributed by atoms with van der Waals surface area (Å²) in [6.07, 6.45) is 11.0. The van der Waals surface area contributed by atoms with Crippen molar-refractivity contribution in [2.45, 2.75) is 76.9 Å². The second-order valence-corrected chi connectivity index (χ2v) is 9.94. The Hall–Kier alpha value is -2.18. The number of hydrogen-bond acceptors (Lipinski definition) is 6. The molecule has 4 rings (SSSR count). The Morgan fingerprint density at radius 1 is 1.03 bits per heavy atom. The van der Waals surface area contributed by atoms with E-state index in [0.717, 1.165) is 61.3 Å². The molecule has 6 nitrogen and oxygen atoms in total. The van der Waals surface area contributed by atoms with E-state index >= 15 is 0 Å². The molecule has 1 saturated heterocycles. The highest BCUT2D eigenvalue weighted by molar-refractivity contribution is 5.67. The van der Waals surface area contributed by atoms with Crippen LogP contribution in [0, 0.1) is 5.92 Å². The van der Waals surface area contributed by atoms with Crippen LogP contribution in [0.2, 0.25) is 0 Å². The molecule has 6 heteroatoms. The van der Waals surface area contributed by atoms with E-state index in [2.05, 4.69) is 59.4 Å². The zero-order valence-electron chi connectivity index (χ0n) is 21.2. The summed E-state index contributed by atoms with van der Waals surface area (Å²) in [5.74, 6) is 1.86. The summed E-state index contributed by atoms with van der Waals surface area (Å²) in [6.45, 7) is 4.82. The summed E-state index contributed by atoms with van der Waals surface area (Å²) in [6, 6.07) is 10.5. The normalized spacial score (nSPS) is 22.0. The van der Waals surface area contributed by atoms with Crippen LogP contribution in [0.5, 0.6) is 11.6 Å². The molecule has 1 aromatic heterocycles. The number of aromatic nitrogens is 2. The molecule has 0 unspecified atom stereocenters. The van der Waals surface area contributed by atoms with E-state index < -0.39 is 0 Å². The van der Waals surface area contributed by atoms with Gasteiger partial charge < -0.3 is 19.1 Å². The molecule has 34 heavy (non-hydrogen) atoms. The quantitative estimate of drug-likeness (QED) is 0.457. The van der Waals surface area contributed by atoms with E-state index in [0.29, 0.717) is 24.5 Å². The second kappa shape index (κ2) is 12.5. The van der Waals surface area contributed by atoms with Crippen LogP contribution in [-0.2, 0) is 11.2 Å². The summed E-state index contributed by atoms with van der Waals surface area (Å²) in [5.41, 5.74) is 3.27. The van der Waals surface area contributed by atoms with Gasteiger partial charge >= 0.3 is 0 Å². The van der Waals surface area contributed by atoms with E-state index in [9.17, 15) is 0 Å². The van der Waals surface area contributed by atoms with Crippen molar-refractivity contribution in [1.29, 1.82) is 0 Å². The third-order valence-corrected chi connectivity index (χ3v) is 7.25. The molecule has 2 aliphatic rings. The van der Waals surface area contributed by atoms with Crippen LogP contribution >= 0.6 is 0 Å². The number of hydrogen-bond donors (Lipinski definition) is 0. The van der Waals surface area contributed by atoms with Gasteiger partial charge in [0.05, 0.1) is 24.5 Å². The van der Waals surface area contributed by atoms with Crippen molar-refractivity contribution >= 4 is 0 Å². The maximum absolute atomic E-state index is 6.23. The molecule has 0 N–H and O–H groups in total. The van der Waals surface area contributed by atoms with Crippen LogP contribution in [0.15, 0.2) is 30.3 Å². The molecule has 2 atom stereocenters. The van der Waals surface area contributed by atoms with Gasteiger partial charge in [0.15, 0.2) is 0 Å². The Balaban J connectivity index is 1.47. The maximum Gasteiger partial charge on any atom is 0.234 e. The molecule has 2 aromatic rings. The van der Waals surface area contributed by atoms with Gasteiger partial charge in [0.25, 0.3) is 0 Å². The van der Waals surface area contributed by atoms with Gasteiger partial charge in [0.1, 0.15) is 5.75 Å². The molecular weight excluding hydrogens is 426 g/mol. The minimum absolute atomic E-state index is 0.226. The minimum Gasteiger partial charge on any atom is -0.490 e. The zero-order chi connectivity index (χ0) is 23.8. The molecule has 1 aromatic carbocycles. The highest BCUT2D eigenvalue weighted by Gasteiger charge is 2.28. The fourth-order valence-electron chi connectivity index (χ4n) is 5.19. The van der Waals surface area contributed by atoms with Crippen molar-refractivity contribution in [2.24, 2.45) is 5.92 Å². The van der Waals surface area contributed by atoms with E-state index in [1.54, 1.807) is 7.11 Å². The monoisotopic (exact) mass is 467 g/mol. The van der Waals surface area contributed by atoms with Crippen LogP contribution in [0.1, 0.15) is 64.0 Å². The first-order valence-corrected chi connectivity index (χ1v) is 13.1. The van der Waals surface area contributed by atoms with E-state index in [-0.39, 0.29) is 6.10 Å². The van der Waals surface area contributed by atoms with E-state index in [1.165, 1.54) is 32.1 Å². The summed E-state index contributed by atoms with van der Waals surface area (Å²) in [4.78, 5) is 2.34. The van der Waals surface area contributed by atoms with Gasteiger partial charge in [0, 0.05) is 37.7 Å². The van der Waals surface area contributed by atoms with Crippen LogP contribution < -0.4 is 9.47 Å². The largest absolute Gasteiger partial charge is 0.490 e.